The summed E-state index contributed by atoms with van der Waals surface area (Å²) in [4.78, 5) is 11.7. The maximum absolute atomic E-state index is 11.7. The van der Waals surface area contributed by atoms with Crippen molar-refractivity contribution in [2.45, 2.75) is 44.6 Å². The molecule has 1 aliphatic heterocycles. The normalized spacial score (nSPS) is 20.0. The maximum atomic E-state index is 11.7. The van der Waals surface area contributed by atoms with Gasteiger partial charge in [0.05, 0.1) is 19.8 Å². The van der Waals surface area contributed by atoms with Gasteiger partial charge in [-0.2, -0.15) is 0 Å². The van der Waals surface area contributed by atoms with E-state index in [0.29, 0.717) is 13.2 Å². The van der Waals surface area contributed by atoms with Crippen molar-refractivity contribution in [1.29, 1.82) is 0 Å². The van der Waals surface area contributed by atoms with Crippen LogP contribution in [-0.2, 0) is 14.3 Å². The lowest BCUT2D eigenvalue weighted by Crippen LogP contribution is -2.27. The second-order valence-corrected chi connectivity index (χ2v) is 5.33. The first-order valence-electron chi connectivity index (χ1n) is 7.76. The fraction of sp³-hybridized carbons (Fsp3) is 0.588. The van der Waals surface area contributed by atoms with Crippen molar-refractivity contribution in [3.63, 3.8) is 0 Å². The summed E-state index contributed by atoms with van der Waals surface area (Å²) in [6.45, 7) is 3.49. The number of epoxide rings is 1. The van der Waals surface area contributed by atoms with Gasteiger partial charge in [-0.05, 0) is 38.3 Å². The Bertz CT molecular complexity index is 426. The summed E-state index contributed by atoms with van der Waals surface area (Å²) in [6.07, 6.45) is 4.98. The number of hydrogen-bond donors (Lipinski definition) is 0. The topological polar surface area (TPSA) is 48.1 Å². The molecule has 0 radical (unpaired) electrons. The van der Waals surface area contributed by atoms with Crippen molar-refractivity contribution in [3.8, 4) is 5.75 Å². The number of unbranched alkanes of at least 4 members (excludes halogenated alkanes) is 3. The van der Waals surface area contributed by atoms with Gasteiger partial charge in [0.25, 0.3) is 0 Å². The molecule has 0 amide bonds. The lowest BCUT2D eigenvalue weighted by atomic mass is 10.0. The second kappa shape index (κ2) is 8.03. The fourth-order valence-corrected chi connectivity index (χ4v) is 2.29. The van der Waals surface area contributed by atoms with Crippen molar-refractivity contribution in [2.75, 3.05) is 19.8 Å². The molecule has 4 heteroatoms. The second-order valence-electron chi connectivity index (χ2n) is 5.33. The zero-order chi connectivity index (χ0) is 15.0. The molecule has 1 heterocycles. The first-order chi connectivity index (χ1) is 10.3. The summed E-state index contributed by atoms with van der Waals surface area (Å²) >= 11 is 0. The van der Waals surface area contributed by atoms with Gasteiger partial charge in [-0.25, -0.2) is 4.79 Å². The van der Waals surface area contributed by atoms with E-state index in [1.807, 2.05) is 37.3 Å². The Morgan fingerprint density at radius 1 is 1.19 bits per heavy atom. The summed E-state index contributed by atoms with van der Waals surface area (Å²) in [7, 11) is 0. The Morgan fingerprint density at radius 3 is 2.57 bits per heavy atom. The molecule has 1 aromatic carbocycles. The highest BCUT2D eigenvalue weighted by Gasteiger charge is 2.52. The Hall–Kier alpha value is -1.55. The van der Waals surface area contributed by atoms with Gasteiger partial charge in [0.1, 0.15) is 5.75 Å². The summed E-state index contributed by atoms with van der Waals surface area (Å²) in [5.74, 6) is 0.725. The van der Waals surface area contributed by atoms with Crippen LogP contribution < -0.4 is 4.74 Å². The standard InChI is InChI=1S/C17H24O4/c1-2-19-16(18)17(14-21-17)12-8-3-4-9-13-20-15-10-6-5-7-11-15/h5-7,10-11H,2-4,8-9,12-14H2,1H3. The number of rotatable bonds is 10. The quantitative estimate of drug-likeness (QED) is 0.377. The predicted molar refractivity (Wildman–Crippen MR) is 80.3 cm³/mol. The molecule has 1 aromatic rings. The molecule has 1 saturated heterocycles. The highest BCUT2D eigenvalue weighted by Crippen LogP contribution is 2.34. The number of para-hydroxylation sites is 1. The Labute approximate surface area is 126 Å². The summed E-state index contributed by atoms with van der Waals surface area (Å²) in [5, 5.41) is 0. The van der Waals surface area contributed by atoms with E-state index in [-0.39, 0.29) is 5.97 Å². The van der Waals surface area contributed by atoms with Crippen molar-refractivity contribution in [2.24, 2.45) is 0 Å². The molecule has 1 unspecified atom stereocenters. The van der Waals surface area contributed by atoms with E-state index in [1.165, 1.54) is 0 Å². The zero-order valence-electron chi connectivity index (χ0n) is 12.7. The third-order valence-corrected chi connectivity index (χ3v) is 3.63. The maximum Gasteiger partial charge on any atom is 0.340 e. The molecule has 21 heavy (non-hydrogen) atoms. The molecule has 0 saturated carbocycles. The van der Waals surface area contributed by atoms with Gasteiger partial charge in [0.15, 0.2) is 5.60 Å². The SMILES string of the molecule is CCOC(=O)C1(CCCCCCOc2ccccc2)CO1. The molecule has 0 bridgehead atoms. The van der Waals surface area contributed by atoms with Crippen LogP contribution in [0.25, 0.3) is 0 Å². The van der Waals surface area contributed by atoms with Gasteiger partial charge in [0, 0.05) is 0 Å². The Kier molecular flexibility index (Phi) is 6.05. The number of carbonyl (C=O) groups is 1. The number of benzene rings is 1. The number of esters is 1. The zero-order valence-corrected chi connectivity index (χ0v) is 12.7. The molecule has 116 valence electrons. The van der Waals surface area contributed by atoms with E-state index < -0.39 is 5.60 Å². The first-order valence-corrected chi connectivity index (χ1v) is 7.76. The number of hydrogen-bond acceptors (Lipinski definition) is 4. The molecule has 0 aliphatic carbocycles. The third kappa shape index (κ3) is 5.05. The molecule has 4 nitrogen and oxygen atoms in total. The highest BCUT2D eigenvalue weighted by atomic mass is 16.6. The van der Waals surface area contributed by atoms with Crippen molar-refractivity contribution in [3.05, 3.63) is 30.3 Å². The van der Waals surface area contributed by atoms with Crippen molar-refractivity contribution >= 4 is 5.97 Å². The van der Waals surface area contributed by atoms with E-state index in [9.17, 15) is 4.79 Å². The van der Waals surface area contributed by atoms with E-state index in [2.05, 4.69) is 0 Å². The molecule has 0 spiro atoms. The minimum absolute atomic E-state index is 0.197. The van der Waals surface area contributed by atoms with Crippen LogP contribution in [0.1, 0.15) is 39.0 Å². The number of ether oxygens (including phenoxy) is 3. The Balaban J connectivity index is 1.50. The molecule has 1 fully saturated rings. The highest BCUT2D eigenvalue weighted by molar-refractivity contribution is 5.82. The third-order valence-electron chi connectivity index (χ3n) is 3.63. The van der Waals surface area contributed by atoms with Crippen molar-refractivity contribution in [1.82, 2.24) is 0 Å². The van der Waals surface area contributed by atoms with Crippen LogP contribution in [-0.4, -0.2) is 31.4 Å². The summed E-state index contributed by atoms with van der Waals surface area (Å²) in [5.41, 5.74) is -0.615. The van der Waals surface area contributed by atoms with Gasteiger partial charge >= 0.3 is 5.97 Å². The smallest absolute Gasteiger partial charge is 0.340 e. The van der Waals surface area contributed by atoms with E-state index in [1.54, 1.807) is 0 Å². The largest absolute Gasteiger partial charge is 0.494 e. The van der Waals surface area contributed by atoms with Crippen LogP contribution in [0, 0.1) is 0 Å². The van der Waals surface area contributed by atoms with Gasteiger partial charge in [-0.15, -0.1) is 0 Å². The van der Waals surface area contributed by atoms with Gasteiger partial charge < -0.3 is 14.2 Å². The fourth-order valence-electron chi connectivity index (χ4n) is 2.29. The van der Waals surface area contributed by atoms with Crippen LogP contribution in [0.5, 0.6) is 5.75 Å². The molecular weight excluding hydrogens is 268 g/mol. The molecule has 1 atom stereocenters. The lowest BCUT2D eigenvalue weighted by Gasteiger charge is -2.10. The molecule has 2 rings (SSSR count). The van der Waals surface area contributed by atoms with Crippen molar-refractivity contribution < 1.29 is 19.0 Å². The van der Waals surface area contributed by atoms with Crippen LogP contribution in [0.15, 0.2) is 30.3 Å². The van der Waals surface area contributed by atoms with Crippen LogP contribution in [0.2, 0.25) is 0 Å². The van der Waals surface area contributed by atoms with Crippen LogP contribution >= 0.6 is 0 Å². The molecule has 0 aromatic heterocycles. The van der Waals surface area contributed by atoms with Crippen LogP contribution in [0.4, 0.5) is 0 Å². The van der Waals surface area contributed by atoms with Gasteiger partial charge in [-0.3, -0.25) is 0 Å². The lowest BCUT2D eigenvalue weighted by molar-refractivity contribution is -0.149. The molecule has 0 N–H and O–H groups in total. The molecular formula is C17H24O4. The first kappa shape index (κ1) is 15.8. The molecule has 1 aliphatic rings. The minimum Gasteiger partial charge on any atom is -0.494 e. The number of carbonyl (C=O) groups excluding carboxylic acids is 1. The van der Waals surface area contributed by atoms with Crippen LogP contribution in [0.3, 0.4) is 0 Å². The average molecular weight is 292 g/mol. The minimum atomic E-state index is -0.615. The van der Waals surface area contributed by atoms with E-state index in [4.69, 9.17) is 14.2 Å². The summed E-state index contributed by atoms with van der Waals surface area (Å²) in [6, 6.07) is 9.85. The van der Waals surface area contributed by atoms with Gasteiger partial charge in [-0.1, -0.05) is 31.0 Å². The van der Waals surface area contributed by atoms with E-state index >= 15 is 0 Å². The average Bonchev–Trinajstić information content (AvgIpc) is 3.29. The Morgan fingerprint density at radius 2 is 1.90 bits per heavy atom. The monoisotopic (exact) mass is 292 g/mol. The van der Waals surface area contributed by atoms with E-state index in [0.717, 1.165) is 44.5 Å². The van der Waals surface area contributed by atoms with Gasteiger partial charge in [0.2, 0.25) is 0 Å². The summed E-state index contributed by atoms with van der Waals surface area (Å²) < 4.78 is 16.0. The predicted octanol–water partition coefficient (Wildman–Crippen LogP) is 3.35.